The molecule has 26 heavy (non-hydrogen) atoms. The number of hydrogen-bond donors (Lipinski definition) is 1. The summed E-state index contributed by atoms with van der Waals surface area (Å²) < 4.78 is 3.48. The van der Waals surface area contributed by atoms with Crippen molar-refractivity contribution in [3.63, 3.8) is 0 Å². The minimum absolute atomic E-state index is 0.117. The Morgan fingerprint density at radius 1 is 1.27 bits per heavy atom. The summed E-state index contributed by atoms with van der Waals surface area (Å²) in [7, 11) is 0. The van der Waals surface area contributed by atoms with Crippen molar-refractivity contribution in [2.24, 2.45) is 5.92 Å². The van der Waals surface area contributed by atoms with Gasteiger partial charge in [0, 0.05) is 18.5 Å². The van der Waals surface area contributed by atoms with Crippen LogP contribution in [0, 0.1) is 5.92 Å². The molecule has 3 rings (SSSR count). The smallest absolute Gasteiger partial charge is 0.349 e. The zero-order chi connectivity index (χ0) is 18.9. The van der Waals surface area contributed by atoms with Crippen molar-refractivity contribution < 1.29 is 9.21 Å². The van der Waals surface area contributed by atoms with Crippen molar-refractivity contribution in [3.8, 4) is 0 Å². The molecule has 140 valence electrons. The zero-order valence-corrected chi connectivity index (χ0v) is 16.4. The number of piperidine rings is 1. The maximum Gasteiger partial charge on any atom is 0.349 e. The van der Waals surface area contributed by atoms with Crippen LogP contribution in [0.2, 0.25) is 0 Å². The summed E-state index contributed by atoms with van der Waals surface area (Å²) in [6, 6.07) is 8.46. The van der Waals surface area contributed by atoms with Crippen LogP contribution < -0.4 is 10.9 Å². The molecule has 2 aromatic rings. The number of rotatable bonds is 3. The van der Waals surface area contributed by atoms with Gasteiger partial charge < -0.3 is 9.73 Å². The minimum atomic E-state index is -1.73. The van der Waals surface area contributed by atoms with Crippen LogP contribution in [0.15, 0.2) is 39.5 Å². The standard InChI is InChI=1S/C18H19Cl3N2O3/c1-11-6-8-23(9-7-11)17(18(19,20)21)22-15(24)13-10-12-4-2-3-5-14(12)26-16(13)25/h2-5,10-11,17H,6-9H2,1H3,(H,22,24). The number of hydrogen-bond acceptors (Lipinski definition) is 4. The van der Waals surface area contributed by atoms with Crippen molar-refractivity contribution in [1.29, 1.82) is 0 Å². The van der Waals surface area contributed by atoms with Crippen molar-refractivity contribution >= 4 is 51.7 Å². The highest BCUT2D eigenvalue weighted by Gasteiger charge is 2.40. The molecule has 1 saturated heterocycles. The lowest BCUT2D eigenvalue weighted by molar-refractivity contribution is 0.0781. The summed E-state index contributed by atoms with van der Waals surface area (Å²) in [5.74, 6) is -0.0371. The number of carbonyl (C=O) groups is 1. The van der Waals surface area contributed by atoms with E-state index in [0.29, 0.717) is 30.0 Å². The van der Waals surface area contributed by atoms with E-state index >= 15 is 0 Å². The van der Waals surface area contributed by atoms with Gasteiger partial charge in [-0.1, -0.05) is 59.9 Å². The van der Waals surface area contributed by atoms with Gasteiger partial charge in [0.05, 0.1) is 0 Å². The lowest BCUT2D eigenvalue weighted by atomic mass is 9.99. The van der Waals surface area contributed by atoms with E-state index in [4.69, 9.17) is 39.2 Å². The molecule has 0 radical (unpaired) electrons. The normalized spacial score (nSPS) is 18.0. The summed E-state index contributed by atoms with van der Waals surface area (Å²) >= 11 is 18.3. The molecule has 1 fully saturated rings. The Labute approximate surface area is 166 Å². The second kappa shape index (κ2) is 7.77. The van der Waals surface area contributed by atoms with E-state index in [0.717, 1.165) is 12.8 Å². The van der Waals surface area contributed by atoms with E-state index in [-0.39, 0.29) is 5.56 Å². The van der Waals surface area contributed by atoms with Crippen LogP contribution in [0.1, 0.15) is 30.1 Å². The molecular formula is C18H19Cl3N2O3. The Kier molecular flexibility index (Phi) is 5.82. The fourth-order valence-corrected chi connectivity index (χ4v) is 3.67. The fourth-order valence-electron chi connectivity index (χ4n) is 3.09. The molecule has 1 amide bonds. The molecule has 1 N–H and O–H groups in total. The summed E-state index contributed by atoms with van der Waals surface area (Å²) in [6.07, 6.45) is 1.06. The number of benzene rings is 1. The third-order valence-electron chi connectivity index (χ3n) is 4.65. The van der Waals surface area contributed by atoms with Crippen molar-refractivity contribution in [2.75, 3.05) is 13.1 Å². The molecule has 5 nitrogen and oxygen atoms in total. The topological polar surface area (TPSA) is 62.6 Å². The summed E-state index contributed by atoms with van der Waals surface area (Å²) in [4.78, 5) is 26.8. The fraction of sp³-hybridized carbons (Fsp3) is 0.444. The van der Waals surface area contributed by atoms with Gasteiger partial charge in [-0.3, -0.25) is 9.69 Å². The van der Waals surface area contributed by atoms with Gasteiger partial charge in [0.1, 0.15) is 17.3 Å². The molecule has 1 aromatic carbocycles. The molecule has 1 aromatic heterocycles. The van der Waals surface area contributed by atoms with Crippen LogP contribution in [0.3, 0.4) is 0 Å². The number of nitrogens with zero attached hydrogens (tertiary/aromatic N) is 1. The minimum Gasteiger partial charge on any atom is -0.422 e. The zero-order valence-electron chi connectivity index (χ0n) is 14.2. The number of carbonyl (C=O) groups excluding carboxylic acids is 1. The van der Waals surface area contributed by atoms with Crippen molar-refractivity contribution in [2.45, 2.75) is 29.7 Å². The first-order chi connectivity index (χ1) is 12.3. The number of halogens is 3. The molecular weight excluding hydrogens is 399 g/mol. The molecule has 1 aliphatic rings. The van der Waals surface area contributed by atoms with Gasteiger partial charge in [0.2, 0.25) is 3.79 Å². The highest BCUT2D eigenvalue weighted by atomic mass is 35.6. The molecule has 0 bridgehead atoms. The van der Waals surface area contributed by atoms with Crippen molar-refractivity contribution in [1.82, 2.24) is 10.2 Å². The third kappa shape index (κ3) is 4.34. The maximum absolute atomic E-state index is 12.7. The number of fused-ring (bicyclic) bond motifs is 1. The monoisotopic (exact) mass is 416 g/mol. The molecule has 0 spiro atoms. The van der Waals surface area contributed by atoms with Gasteiger partial charge in [0.25, 0.3) is 5.91 Å². The van der Waals surface area contributed by atoms with Gasteiger partial charge in [-0.05, 0) is 30.9 Å². The average Bonchev–Trinajstić information content (AvgIpc) is 2.59. The Balaban J connectivity index is 1.86. The first-order valence-electron chi connectivity index (χ1n) is 8.40. The summed E-state index contributed by atoms with van der Waals surface area (Å²) in [6.45, 7) is 3.57. The molecule has 1 aliphatic heterocycles. The molecule has 0 saturated carbocycles. The van der Waals surface area contributed by atoms with Crippen LogP contribution in [0.25, 0.3) is 11.0 Å². The van der Waals surface area contributed by atoms with Crippen LogP contribution >= 0.6 is 34.8 Å². The van der Waals surface area contributed by atoms with E-state index in [1.54, 1.807) is 24.3 Å². The summed E-state index contributed by atoms with van der Waals surface area (Å²) in [5, 5.41) is 3.34. The van der Waals surface area contributed by atoms with E-state index < -0.39 is 21.5 Å². The van der Waals surface area contributed by atoms with Crippen molar-refractivity contribution in [3.05, 3.63) is 46.3 Å². The van der Waals surface area contributed by atoms with Crippen LogP contribution in [-0.2, 0) is 0 Å². The number of para-hydroxylation sites is 1. The third-order valence-corrected chi connectivity index (χ3v) is 5.27. The highest BCUT2D eigenvalue weighted by molar-refractivity contribution is 6.68. The Hall–Kier alpha value is -1.27. The number of amides is 1. The molecule has 2 heterocycles. The van der Waals surface area contributed by atoms with E-state index in [9.17, 15) is 9.59 Å². The molecule has 0 aliphatic carbocycles. The lowest BCUT2D eigenvalue weighted by Gasteiger charge is -2.39. The number of nitrogens with one attached hydrogen (secondary N) is 1. The van der Waals surface area contributed by atoms with Gasteiger partial charge in [0.15, 0.2) is 0 Å². The predicted octanol–water partition coefficient (Wildman–Crippen LogP) is 3.95. The Morgan fingerprint density at radius 3 is 2.58 bits per heavy atom. The maximum atomic E-state index is 12.7. The Bertz CT molecular complexity index is 855. The quantitative estimate of drug-likeness (QED) is 0.607. The SMILES string of the molecule is CC1CCN(C(NC(=O)c2cc3ccccc3oc2=O)C(Cl)(Cl)Cl)CC1. The number of alkyl halides is 3. The predicted molar refractivity (Wildman–Crippen MR) is 104 cm³/mol. The first kappa shape index (κ1) is 19.5. The summed E-state index contributed by atoms with van der Waals surface area (Å²) in [5.41, 5.74) is -0.429. The second-order valence-corrected chi connectivity index (χ2v) is 8.99. The molecule has 8 heteroatoms. The van der Waals surface area contributed by atoms with E-state index in [1.807, 2.05) is 4.90 Å². The van der Waals surface area contributed by atoms with Crippen LogP contribution in [0.4, 0.5) is 0 Å². The van der Waals surface area contributed by atoms with Crippen LogP contribution in [-0.4, -0.2) is 33.9 Å². The number of likely N-dealkylation sites (tertiary alicyclic amines) is 1. The van der Waals surface area contributed by atoms with Gasteiger partial charge >= 0.3 is 5.63 Å². The largest absolute Gasteiger partial charge is 0.422 e. The van der Waals surface area contributed by atoms with Gasteiger partial charge in [-0.2, -0.15) is 0 Å². The average molecular weight is 418 g/mol. The van der Waals surface area contributed by atoms with E-state index in [1.165, 1.54) is 6.07 Å². The van der Waals surface area contributed by atoms with Gasteiger partial charge in [-0.15, -0.1) is 0 Å². The lowest BCUT2D eigenvalue weighted by Crippen LogP contribution is -2.57. The van der Waals surface area contributed by atoms with Gasteiger partial charge in [-0.25, -0.2) is 4.79 Å². The second-order valence-electron chi connectivity index (χ2n) is 6.62. The molecule has 1 unspecified atom stereocenters. The van der Waals surface area contributed by atoms with Crippen LogP contribution in [0.5, 0.6) is 0 Å². The Morgan fingerprint density at radius 2 is 1.92 bits per heavy atom. The van der Waals surface area contributed by atoms with E-state index in [2.05, 4.69) is 12.2 Å². The first-order valence-corrected chi connectivity index (χ1v) is 9.53. The highest BCUT2D eigenvalue weighted by Crippen LogP contribution is 2.34. The molecule has 1 atom stereocenters.